The van der Waals surface area contributed by atoms with Gasteiger partial charge in [0.05, 0.1) is 5.54 Å². The Hall–Kier alpha value is -1.76. The molecule has 22 heavy (non-hydrogen) atoms. The van der Waals surface area contributed by atoms with Crippen LogP contribution in [-0.4, -0.2) is 17.8 Å². The Morgan fingerprint density at radius 3 is 2.50 bits per heavy atom. The molecule has 1 amide bonds. The van der Waals surface area contributed by atoms with Crippen molar-refractivity contribution in [2.24, 2.45) is 5.73 Å². The van der Waals surface area contributed by atoms with Gasteiger partial charge in [-0.2, -0.15) is 0 Å². The summed E-state index contributed by atoms with van der Waals surface area (Å²) in [6.07, 6.45) is -0.749. The summed E-state index contributed by atoms with van der Waals surface area (Å²) in [5, 5.41) is 2.62. The van der Waals surface area contributed by atoms with Gasteiger partial charge in [0.25, 0.3) is 0 Å². The average Bonchev–Trinajstić information content (AvgIpc) is 2.45. The standard InChI is InChI=1S/C15H19F3N2O2/c16-15(17,18)22-12-7-3-2-6-11(12)10-20-13(21)14(19)8-4-1-5-9-14/h2-3,6-7H,1,4-5,8-10,19H2,(H,20,21). The summed E-state index contributed by atoms with van der Waals surface area (Å²) < 4.78 is 41.0. The maximum Gasteiger partial charge on any atom is 0.573 e. The normalized spacial score (nSPS) is 17.8. The van der Waals surface area contributed by atoms with Crippen LogP contribution in [0.4, 0.5) is 13.2 Å². The van der Waals surface area contributed by atoms with Gasteiger partial charge in [0.15, 0.2) is 0 Å². The summed E-state index contributed by atoms with van der Waals surface area (Å²) in [6, 6.07) is 5.72. The van der Waals surface area contributed by atoms with E-state index in [4.69, 9.17) is 5.73 Å². The molecular formula is C15H19F3N2O2. The summed E-state index contributed by atoms with van der Waals surface area (Å²) in [5.74, 6) is -0.640. The topological polar surface area (TPSA) is 64.4 Å². The van der Waals surface area contributed by atoms with Crippen LogP contribution in [0.5, 0.6) is 5.75 Å². The van der Waals surface area contributed by atoms with Crippen LogP contribution in [0.1, 0.15) is 37.7 Å². The van der Waals surface area contributed by atoms with Crippen LogP contribution in [0, 0.1) is 0 Å². The van der Waals surface area contributed by atoms with E-state index in [0.717, 1.165) is 19.3 Å². The number of benzene rings is 1. The van der Waals surface area contributed by atoms with Crippen LogP contribution in [-0.2, 0) is 11.3 Å². The Morgan fingerprint density at radius 1 is 1.23 bits per heavy atom. The second-order valence-electron chi connectivity index (χ2n) is 5.56. The van der Waals surface area contributed by atoms with Gasteiger partial charge in [0.1, 0.15) is 5.75 Å². The molecule has 4 nitrogen and oxygen atoms in total. The molecule has 0 saturated heterocycles. The molecule has 0 radical (unpaired) electrons. The average molecular weight is 316 g/mol. The molecule has 0 atom stereocenters. The van der Waals surface area contributed by atoms with Gasteiger partial charge in [-0.05, 0) is 18.9 Å². The SMILES string of the molecule is NC1(C(=O)NCc2ccccc2OC(F)(F)F)CCCCC1. The Bertz CT molecular complexity index is 526. The number of para-hydroxylation sites is 1. The molecular weight excluding hydrogens is 297 g/mol. The monoisotopic (exact) mass is 316 g/mol. The molecule has 1 aliphatic rings. The van der Waals surface area contributed by atoms with Gasteiger partial charge < -0.3 is 15.8 Å². The van der Waals surface area contributed by atoms with Crippen molar-refractivity contribution in [2.75, 3.05) is 0 Å². The summed E-state index contributed by atoms with van der Waals surface area (Å²) in [4.78, 5) is 12.2. The largest absolute Gasteiger partial charge is 0.573 e. The Morgan fingerprint density at radius 2 is 1.86 bits per heavy atom. The number of carbonyl (C=O) groups is 1. The lowest BCUT2D eigenvalue weighted by atomic mass is 9.82. The van der Waals surface area contributed by atoms with Crippen molar-refractivity contribution in [1.82, 2.24) is 5.32 Å². The number of rotatable bonds is 4. The van der Waals surface area contributed by atoms with E-state index >= 15 is 0 Å². The molecule has 0 aliphatic heterocycles. The molecule has 3 N–H and O–H groups in total. The highest BCUT2D eigenvalue weighted by molar-refractivity contribution is 5.86. The molecule has 1 aromatic carbocycles. The fourth-order valence-corrected chi connectivity index (χ4v) is 2.64. The molecule has 1 saturated carbocycles. The highest BCUT2D eigenvalue weighted by atomic mass is 19.4. The third kappa shape index (κ3) is 4.37. The van der Waals surface area contributed by atoms with Gasteiger partial charge in [-0.15, -0.1) is 13.2 Å². The zero-order valence-electron chi connectivity index (χ0n) is 12.1. The van der Waals surface area contributed by atoms with Crippen LogP contribution < -0.4 is 15.8 Å². The maximum atomic E-state index is 12.3. The van der Waals surface area contributed by atoms with Crippen molar-refractivity contribution >= 4 is 5.91 Å². The van der Waals surface area contributed by atoms with Crippen LogP contribution in [0.2, 0.25) is 0 Å². The van der Waals surface area contributed by atoms with E-state index in [1.54, 1.807) is 6.07 Å². The third-order valence-electron chi connectivity index (χ3n) is 3.84. The predicted molar refractivity (Wildman–Crippen MR) is 75.0 cm³/mol. The molecule has 0 heterocycles. The molecule has 2 rings (SSSR count). The van der Waals surface area contributed by atoms with Crippen LogP contribution in [0.15, 0.2) is 24.3 Å². The summed E-state index contributed by atoms with van der Waals surface area (Å²) in [6.45, 7) is -0.0516. The molecule has 0 aromatic heterocycles. The molecule has 0 unspecified atom stereocenters. The number of halogens is 3. The van der Waals surface area contributed by atoms with Gasteiger partial charge in [-0.1, -0.05) is 37.5 Å². The second kappa shape index (κ2) is 6.56. The fourth-order valence-electron chi connectivity index (χ4n) is 2.64. The van der Waals surface area contributed by atoms with Crippen molar-refractivity contribution < 1.29 is 22.7 Å². The second-order valence-corrected chi connectivity index (χ2v) is 5.56. The Labute approximate surface area is 126 Å². The first-order valence-corrected chi connectivity index (χ1v) is 7.21. The van der Waals surface area contributed by atoms with Gasteiger partial charge in [-0.25, -0.2) is 0 Å². The van der Waals surface area contributed by atoms with Gasteiger partial charge in [0.2, 0.25) is 5.91 Å². The number of hydrogen-bond donors (Lipinski definition) is 2. The van der Waals surface area contributed by atoms with Gasteiger partial charge >= 0.3 is 6.36 Å². The van der Waals surface area contributed by atoms with E-state index in [-0.39, 0.29) is 23.8 Å². The minimum atomic E-state index is -4.77. The fraction of sp³-hybridized carbons (Fsp3) is 0.533. The summed E-state index contributed by atoms with van der Waals surface area (Å²) in [5.41, 5.74) is 5.42. The molecule has 7 heteroatoms. The van der Waals surface area contributed by atoms with Crippen molar-refractivity contribution in [1.29, 1.82) is 0 Å². The van der Waals surface area contributed by atoms with Crippen molar-refractivity contribution in [3.8, 4) is 5.75 Å². The number of nitrogens with one attached hydrogen (secondary N) is 1. The minimum Gasteiger partial charge on any atom is -0.405 e. The molecule has 0 bridgehead atoms. The number of nitrogens with two attached hydrogens (primary N) is 1. The first-order chi connectivity index (χ1) is 10.3. The zero-order valence-corrected chi connectivity index (χ0v) is 12.1. The van der Waals surface area contributed by atoms with E-state index in [1.165, 1.54) is 18.2 Å². The third-order valence-corrected chi connectivity index (χ3v) is 3.84. The lowest BCUT2D eigenvalue weighted by Crippen LogP contribution is -2.54. The highest BCUT2D eigenvalue weighted by Crippen LogP contribution is 2.28. The van der Waals surface area contributed by atoms with Crippen LogP contribution in [0.3, 0.4) is 0 Å². The van der Waals surface area contributed by atoms with Gasteiger partial charge in [-0.3, -0.25) is 4.79 Å². The Kier molecular flexibility index (Phi) is 4.95. The summed E-state index contributed by atoms with van der Waals surface area (Å²) >= 11 is 0. The number of alkyl halides is 3. The lowest BCUT2D eigenvalue weighted by Gasteiger charge is -2.31. The van der Waals surface area contributed by atoms with Gasteiger partial charge in [0, 0.05) is 12.1 Å². The Balaban J connectivity index is 2.01. The quantitative estimate of drug-likeness (QED) is 0.898. The number of ether oxygens (including phenoxy) is 1. The van der Waals surface area contributed by atoms with Crippen molar-refractivity contribution in [2.45, 2.75) is 50.6 Å². The number of carbonyl (C=O) groups excluding carboxylic acids is 1. The predicted octanol–water partition coefficient (Wildman–Crippen LogP) is 2.86. The van der Waals surface area contributed by atoms with Crippen LogP contribution >= 0.6 is 0 Å². The number of amides is 1. The molecule has 0 spiro atoms. The maximum absolute atomic E-state index is 12.3. The van der Waals surface area contributed by atoms with Crippen LogP contribution in [0.25, 0.3) is 0 Å². The lowest BCUT2D eigenvalue weighted by molar-refractivity contribution is -0.274. The zero-order chi connectivity index (χ0) is 16.2. The minimum absolute atomic E-state index is 0.0516. The van der Waals surface area contributed by atoms with Crippen molar-refractivity contribution in [3.63, 3.8) is 0 Å². The van der Waals surface area contributed by atoms with Crippen molar-refractivity contribution in [3.05, 3.63) is 29.8 Å². The molecule has 1 fully saturated rings. The van der Waals surface area contributed by atoms with E-state index in [0.29, 0.717) is 12.8 Å². The van der Waals surface area contributed by atoms with E-state index in [2.05, 4.69) is 10.1 Å². The highest BCUT2D eigenvalue weighted by Gasteiger charge is 2.35. The first-order valence-electron chi connectivity index (χ1n) is 7.21. The first kappa shape index (κ1) is 16.6. The van der Waals surface area contributed by atoms with E-state index < -0.39 is 11.9 Å². The molecule has 122 valence electrons. The van der Waals surface area contributed by atoms with E-state index in [1.807, 2.05) is 0 Å². The smallest absolute Gasteiger partial charge is 0.405 e. The molecule has 1 aliphatic carbocycles. The number of hydrogen-bond acceptors (Lipinski definition) is 3. The molecule has 1 aromatic rings. The summed E-state index contributed by atoms with van der Waals surface area (Å²) in [7, 11) is 0. The van der Waals surface area contributed by atoms with E-state index in [9.17, 15) is 18.0 Å².